The first-order chi connectivity index (χ1) is 12.5. The number of benzene rings is 2. The Kier molecular flexibility index (Phi) is 5.21. The van der Waals surface area contributed by atoms with Crippen LogP contribution in [0, 0.1) is 27.7 Å². The number of aryl methyl sites for hydroxylation is 4. The van der Waals surface area contributed by atoms with Crippen LogP contribution in [-0.4, -0.2) is 24.0 Å². The summed E-state index contributed by atoms with van der Waals surface area (Å²) in [5, 5.41) is 7.45. The smallest absolute Gasteiger partial charge is 0.251 e. The second-order valence-electron chi connectivity index (χ2n) is 6.78. The number of nitrogens with one attached hydrogen (secondary N) is 2. The fraction of sp³-hybridized carbons (Fsp3) is 0.273. The van der Waals surface area contributed by atoms with Gasteiger partial charge in [0.05, 0.1) is 5.52 Å². The van der Waals surface area contributed by atoms with Crippen LogP contribution >= 0.6 is 0 Å². The Morgan fingerprint density at radius 2 is 1.58 bits per heavy atom. The molecule has 3 rings (SSSR count). The van der Waals surface area contributed by atoms with Gasteiger partial charge in [0.2, 0.25) is 0 Å². The third-order valence-electron chi connectivity index (χ3n) is 4.71. The maximum atomic E-state index is 12.2. The van der Waals surface area contributed by atoms with Gasteiger partial charge in [0.25, 0.3) is 5.91 Å². The summed E-state index contributed by atoms with van der Waals surface area (Å²) < 4.78 is 0. The van der Waals surface area contributed by atoms with E-state index in [0.29, 0.717) is 13.1 Å². The standard InChI is InChI=1S/C22H25N3O/c1-14-7-5-6-8-19(14)22(26)24-10-9-23-21-17(4)12-18-11-15(2)16(3)13-20(18)25-21/h5-8,11-13H,9-10H2,1-4H3,(H,23,25)(H,24,26). The van der Waals surface area contributed by atoms with Crippen LogP contribution in [0.15, 0.2) is 42.5 Å². The quantitative estimate of drug-likeness (QED) is 0.676. The van der Waals surface area contributed by atoms with Gasteiger partial charge in [0, 0.05) is 24.0 Å². The van der Waals surface area contributed by atoms with E-state index in [0.717, 1.165) is 33.4 Å². The molecule has 2 N–H and O–H groups in total. The van der Waals surface area contributed by atoms with Gasteiger partial charge in [-0.15, -0.1) is 0 Å². The fourth-order valence-corrected chi connectivity index (χ4v) is 3.00. The highest BCUT2D eigenvalue weighted by atomic mass is 16.1. The Hall–Kier alpha value is -2.88. The predicted octanol–water partition coefficient (Wildman–Crippen LogP) is 4.31. The first-order valence-corrected chi connectivity index (χ1v) is 8.92. The normalized spacial score (nSPS) is 10.8. The van der Waals surface area contributed by atoms with Gasteiger partial charge in [-0.3, -0.25) is 4.79 Å². The van der Waals surface area contributed by atoms with Gasteiger partial charge >= 0.3 is 0 Å². The Labute approximate surface area is 154 Å². The van der Waals surface area contributed by atoms with E-state index in [4.69, 9.17) is 4.98 Å². The third kappa shape index (κ3) is 3.85. The van der Waals surface area contributed by atoms with Crippen LogP contribution in [0.25, 0.3) is 10.9 Å². The van der Waals surface area contributed by atoms with Crippen molar-refractivity contribution >= 4 is 22.6 Å². The van der Waals surface area contributed by atoms with Crippen molar-refractivity contribution in [1.82, 2.24) is 10.3 Å². The minimum atomic E-state index is -0.0424. The molecule has 0 bridgehead atoms. The highest BCUT2D eigenvalue weighted by Crippen LogP contribution is 2.22. The predicted molar refractivity (Wildman–Crippen MR) is 108 cm³/mol. The summed E-state index contributed by atoms with van der Waals surface area (Å²) in [6, 6.07) is 14.1. The number of nitrogens with zero attached hydrogens (tertiary/aromatic N) is 1. The lowest BCUT2D eigenvalue weighted by atomic mass is 10.1. The summed E-state index contributed by atoms with van der Waals surface area (Å²) in [6.45, 7) is 9.38. The van der Waals surface area contributed by atoms with Crippen LogP contribution in [0.4, 0.5) is 5.82 Å². The molecule has 0 saturated heterocycles. The molecule has 26 heavy (non-hydrogen) atoms. The monoisotopic (exact) mass is 347 g/mol. The molecule has 0 unspecified atom stereocenters. The summed E-state index contributed by atoms with van der Waals surface area (Å²) in [4.78, 5) is 17.0. The van der Waals surface area contributed by atoms with Crippen LogP contribution < -0.4 is 10.6 Å². The molecular weight excluding hydrogens is 322 g/mol. The first-order valence-electron chi connectivity index (χ1n) is 8.92. The summed E-state index contributed by atoms with van der Waals surface area (Å²) >= 11 is 0. The number of anilines is 1. The Balaban J connectivity index is 1.63. The molecule has 2 aromatic carbocycles. The van der Waals surface area contributed by atoms with E-state index in [1.165, 1.54) is 11.1 Å². The molecule has 0 radical (unpaired) electrons. The number of pyridine rings is 1. The maximum absolute atomic E-state index is 12.2. The van der Waals surface area contributed by atoms with Crippen LogP contribution in [0.2, 0.25) is 0 Å². The summed E-state index contributed by atoms with van der Waals surface area (Å²) in [5.41, 5.74) is 6.31. The van der Waals surface area contributed by atoms with Crippen LogP contribution in [-0.2, 0) is 0 Å². The summed E-state index contributed by atoms with van der Waals surface area (Å²) in [5.74, 6) is 0.824. The molecule has 0 saturated carbocycles. The lowest BCUT2D eigenvalue weighted by Crippen LogP contribution is -2.29. The van der Waals surface area contributed by atoms with E-state index < -0.39 is 0 Å². The average molecular weight is 347 g/mol. The zero-order chi connectivity index (χ0) is 18.7. The summed E-state index contributed by atoms with van der Waals surface area (Å²) in [7, 11) is 0. The second-order valence-corrected chi connectivity index (χ2v) is 6.78. The van der Waals surface area contributed by atoms with Crippen molar-refractivity contribution in [3.05, 3.63) is 70.3 Å². The highest BCUT2D eigenvalue weighted by molar-refractivity contribution is 5.95. The number of amides is 1. The van der Waals surface area contributed by atoms with Crippen LogP contribution in [0.1, 0.15) is 32.6 Å². The zero-order valence-corrected chi connectivity index (χ0v) is 15.8. The van der Waals surface area contributed by atoms with Gasteiger partial charge < -0.3 is 10.6 Å². The molecule has 0 aliphatic heterocycles. The van der Waals surface area contributed by atoms with Crippen molar-refractivity contribution in [1.29, 1.82) is 0 Å². The highest BCUT2D eigenvalue weighted by Gasteiger charge is 2.08. The van der Waals surface area contributed by atoms with Crippen molar-refractivity contribution in [2.75, 3.05) is 18.4 Å². The largest absolute Gasteiger partial charge is 0.368 e. The molecule has 1 heterocycles. The Bertz CT molecular complexity index is 963. The fourth-order valence-electron chi connectivity index (χ4n) is 3.00. The minimum Gasteiger partial charge on any atom is -0.368 e. The Morgan fingerprint density at radius 1 is 0.885 bits per heavy atom. The third-order valence-corrected chi connectivity index (χ3v) is 4.71. The topological polar surface area (TPSA) is 54.0 Å². The van der Waals surface area contributed by atoms with Gasteiger partial charge in [0.15, 0.2) is 0 Å². The van der Waals surface area contributed by atoms with Crippen molar-refractivity contribution in [2.45, 2.75) is 27.7 Å². The Morgan fingerprint density at radius 3 is 2.35 bits per heavy atom. The van der Waals surface area contributed by atoms with E-state index in [9.17, 15) is 4.79 Å². The number of aromatic nitrogens is 1. The number of fused-ring (bicyclic) bond motifs is 1. The second kappa shape index (κ2) is 7.56. The summed E-state index contributed by atoms with van der Waals surface area (Å²) in [6.07, 6.45) is 0. The molecule has 1 amide bonds. The molecule has 0 atom stereocenters. The van der Waals surface area contributed by atoms with Gasteiger partial charge in [-0.25, -0.2) is 4.98 Å². The molecule has 1 aromatic heterocycles. The number of hydrogen-bond acceptors (Lipinski definition) is 3. The molecule has 4 heteroatoms. The van der Waals surface area contributed by atoms with Crippen molar-refractivity contribution in [2.24, 2.45) is 0 Å². The minimum absolute atomic E-state index is 0.0424. The van der Waals surface area contributed by atoms with Gasteiger partial charge in [-0.1, -0.05) is 18.2 Å². The van der Waals surface area contributed by atoms with E-state index in [-0.39, 0.29) is 5.91 Å². The molecule has 0 fully saturated rings. The molecule has 0 spiro atoms. The SMILES string of the molecule is Cc1cc2cc(C)c(NCCNC(=O)c3ccccc3C)nc2cc1C. The first kappa shape index (κ1) is 17.9. The van der Waals surface area contributed by atoms with Gasteiger partial charge in [-0.2, -0.15) is 0 Å². The number of carbonyl (C=O) groups excluding carboxylic acids is 1. The number of hydrogen-bond donors (Lipinski definition) is 2. The molecule has 0 aliphatic carbocycles. The molecule has 134 valence electrons. The molecule has 4 nitrogen and oxygen atoms in total. The van der Waals surface area contributed by atoms with E-state index in [2.05, 4.69) is 49.6 Å². The lowest BCUT2D eigenvalue weighted by molar-refractivity contribution is 0.0954. The van der Waals surface area contributed by atoms with Gasteiger partial charge in [0.1, 0.15) is 5.82 Å². The zero-order valence-electron chi connectivity index (χ0n) is 15.8. The van der Waals surface area contributed by atoms with E-state index in [1.807, 2.05) is 31.2 Å². The van der Waals surface area contributed by atoms with Crippen molar-refractivity contribution in [3.8, 4) is 0 Å². The average Bonchev–Trinajstić information content (AvgIpc) is 2.61. The van der Waals surface area contributed by atoms with E-state index in [1.54, 1.807) is 0 Å². The molecule has 3 aromatic rings. The maximum Gasteiger partial charge on any atom is 0.251 e. The lowest BCUT2D eigenvalue weighted by Gasteiger charge is -2.12. The number of carbonyl (C=O) groups is 1. The van der Waals surface area contributed by atoms with Gasteiger partial charge in [-0.05, 0) is 74.2 Å². The molecule has 0 aliphatic rings. The van der Waals surface area contributed by atoms with E-state index >= 15 is 0 Å². The number of rotatable bonds is 5. The molecular formula is C22H25N3O. The van der Waals surface area contributed by atoms with Crippen LogP contribution in [0.3, 0.4) is 0 Å². The van der Waals surface area contributed by atoms with Crippen LogP contribution in [0.5, 0.6) is 0 Å². The van der Waals surface area contributed by atoms with Crippen molar-refractivity contribution in [3.63, 3.8) is 0 Å². The van der Waals surface area contributed by atoms with Crippen molar-refractivity contribution < 1.29 is 4.79 Å².